The third-order valence-electron chi connectivity index (χ3n) is 1.15. The lowest BCUT2D eigenvalue weighted by Gasteiger charge is -2.17. The van der Waals surface area contributed by atoms with E-state index in [-0.39, 0.29) is 0 Å². The van der Waals surface area contributed by atoms with Gasteiger partial charge in [0.1, 0.15) is 18.3 Å². The summed E-state index contributed by atoms with van der Waals surface area (Å²) in [5.41, 5.74) is 0. The van der Waals surface area contributed by atoms with Gasteiger partial charge < -0.3 is 25.6 Å². The Morgan fingerprint density at radius 3 is 2.18 bits per heavy atom. The lowest BCUT2D eigenvalue weighted by molar-refractivity contribution is -0.0546. The third kappa shape index (κ3) is 3.28. The van der Waals surface area contributed by atoms with Crippen LogP contribution < -0.4 is 0 Å². The SMILES string of the molecule is OC[C@@H](O)[C@H](O)[C@H](O)/C=N\O. The van der Waals surface area contributed by atoms with E-state index >= 15 is 0 Å². The van der Waals surface area contributed by atoms with Gasteiger partial charge in [0.25, 0.3) is 0 Å². The number of aliphatic hydroxyl groups excluding tert-OH is 4. The van der Waals surface area contributed by atoms with Gasteiger partial charge in [-0.1, -0.05) is 5.16 Å². The van der Waals surface area contributed by atoms with Gasteiger partial charge >= 0.3 is 0 Å². The van der Waals surface area contributed by atoms with Crippen LogP contribution in [0.1, 0.15) is 0 Å². The monoisotopic (exact) mass is 165 g/mol. The highest BCUT2D eigenvalue weighted by molar-refractivity contribution is 5.62. The Morgan fingerprint density at radius 2 is 1.82 bits per heavy atom. The first-order valence-corrected chi connectivity index (χ1v) is 2.96. The van der Waals surface area contributed by atoms with E-state index in [1.54, 1.807) is 0 Å². The number of rotatable bonds is 4. The average Bonchev–Trinajstić information content (AvgIpc) is 2.02. The fourth-order valence-corrected chi connectivity index (χ4v) is 0.492. The van der Waals surface area contributed by atoms with Crippen LogP contribution in [0, 0.1) is 0 Å². The number of aliphatic hydroxyl groups is 4. The van der Waals surface area contributed by atoms with Gasteiger partial charge in [-0.25, -0.2) is 0 Å². The van der Waals surface area contributed by atoms with Gasteiger partial charge in [0.2, 0.25) is 0 Å². The first kappa shape index (κ1) is 10.3. The van der Waals surface area contributed by atoms with E-state index in [0.29, 0.717) is 6.21 Å². The van der Waals surface area contributed by atoms with Crippen LogP contribution in [0.5, 0.6) is 0 Å². The number of oxime groups is 1. The molecule has 5 N–H and O–H groups in total. The lowest BCUT2D eigenvalue weighted by atomic mass is 10.1. The summed E-state index contributed by atoms with van der Waals surface area (Å²) in [6, 6.07) is 0. The van der Waals surface area contributed by atoms with Crippen LogP contribution in [0.4, 0.5) is 0 Å². The molecule has 0 fully saturated rings. The smallest absolute Gasteiger partial charge is 0.121 e. The van der Waals surface area contributed by atoms with Gasteiger partial charge in [-0.3, -0.25) is 0 Å². The maximum atomic E-state index is 8.85. The maximum absolute atomic E-state index is 8.85. The maximum Gasteiger partial charge on any atom is 0.121 e. The molecule has 0 aromatic rings. The molecule has 0 saturated carbocycles. The van der Waals surface area contributed by atoms with Crippen LogP contribution in [0.25, 0.3) is 0 Å². The average molecular weight is 165 g/mol. The first-order chi connectivity index (χ1) is 5.13. The molecule has 0 aliphatic heterocycles. The molecule has 0 heterocycles. The molecule has 0 bridgehead atoms. The molecule has 66 valence electrons. The Hall–Kier alpha value is -0.690. The summed E-state index contributed by atoms with van der Waals surface area (Å²) in [7, 11) is 0. The molecule has 0 saturated heterocycles. The minimum absolute atomic E-state index is 0.642. The van der Waals surface area contributed by atoms with Gasteiger partial charge in [0, 0.05) is 0 Å². The Bertz CT molecular complexity index is 128. The van der Waals surface area contributed by atoms with Crippen molar-refractivity contribution in [1.29, 1.82) is 0 Å². The fraction of sp³-hybridized carbons (Fsp3) is 0.800. The highest BCUT2D eigenvalue weighted by Gasteiger charge is 2.22. The molecular formula is C5H11NO5. The molecule has 3 atom stereocenters. The second-order valence-electron chi connectivity index (χ2n) is 2.00. The van der Waals surface area contributed by atoms with E-state index in [1.165, 1.54) is 0 Å². The van der Waals surface area contributed by atoms with Crippen LogP contribution in [0.15, 0.2) is 5.16 Å². The molecule has 0 aliphatic carbocycles. The minimum atomic E-state index is -1.55. The van der Waals surface area contributed by atoms with E-state index in [2.05, 4.69) is 5.16 Å². The van der Waals surface area contributed by atoms with Crippen molar-refractivity contribution < 1.29 is 25.6 Å². The van der Waals surface area contributed by atoms with E-state index < -0.39 is 24.9 Å². The van der Waals surface area contributed by atoms with Crippen molar-refractivity contribution in [2.75, 3.05) is 6.61 Å². The Kier molecular flexibility index (Phi) is 4.71. The van der Waals surface area contributed by atoms with Gasteiger partial charge in [-0.15, -0.1) is 0 Å². The van der Waals surface area contributed by atoms with Gasteiger partial charge in [-0.05, 0) is 0 Å². The molecule has 0 aromatic heterocycles. The summed E-state index contributed by atoms with van der Waals surface area (Å²) in [6.45, 7) is -0.669. The zero-order valence-corrected chi connectivity index (χ0v) is 5.70. The molecule has 0 unspecified atom stereocenters. The number of hydrogen-bond donors (Lipinski definition) is 5. The minimum Gasteiger partial charge on any atom is -0.411 e. The molecule has 11 heavy (non-hydrogen) atoms. The Morgan fingerprint density at radius 1 is 1.27 bits per heavy atom. The van der Waals surface area contributed by atoms with Crippen molar-refractivity contribution in [3.8, 4) is 0 Å². The normalized spacial score (nSPS) is 20.0. The van der Waals surface area contributed by atoms with E-state index in [9.17, 15) is 0 Å². The highest BCUT2D eigenvalue weighted by Crippen LogP contribution is 1.97. The summed E-state index contributed by atoms with van der Waals surface area (Å²) < 4.78 is 0. The predicted octanol–water partition coefficient (Wildman–Crippen LogP) is -2.48. The first-order valence-electron chi connectivity index (χ1n) is 2.96. The molecular weight excluding hydrogens is 154 g/mol. The quantitative estimate of drug-likeness (QED) is 0.180. The summed E-state index contributed by atoms with van der Waals surface area (Å²) in [4.78, 5) is 0. The van der Waals surface area contributed by atoms with Gasteiger partial charge in [-0.2, -0.15) is 0 Å². The summed E-state index contributed by atoms with van der Waals surface area (Å²) >= 11 is 0. The van der Waals surface area contributed by atoms with E-state index in [4.69, 9.17) is 25.6 Å². The molecule has 0 aromatic carbocycles. The van der Waals surface area contributed by atoms with Crippen LogP contribution in [-0.4, -0.2) is 56.8 Å². The summed E-state index contributed by atoms with van der Waals surface area (Å²) in [5.74, 6) is 0. The van der Waals surface area contributed by atoms with Gasteiger partial charge in [0.05, 0.1) is 12.8 Å². The summed E-state index contributed by atoms with van der Waals surface area (Å²) in [6.07, 6.45) is -3.83. The van der Waals surface area contributed by atoms with Crippen molar-refractivity contribution in [2.24, 2.45) is 5.16 Å². The topological polar surface area (TPSA) is 114 Å². The van der Waals surface area contributed by atoms with Crippen molar-refractivity contribution >= 4 is 6.21 Å². The van der Waals surface area contributed by atoms with Gasteiger partial charge in [0.15, 0.2) is 0 Å². The fourth-order valence-electron chi connectivity index (χ4n) is 0.492. The molecule has 0 aliphatic rings. The number of nitrogens with zero attached hydrogens (tertiary/aromatic N) is 1. The van der Waals surface area contributed by atoms with Crippen molar-refractivity contribution in [3.05, 3.63) is 0 Å². The van der Waals surface area contributed by atoms with Crippen LogP contribution in [-0.2, 0) is 0 Å². The van der Waals surface area contributed by atoms with Crippen molar-refractivity contribution in [1.82, 2.24) is 0 Å². The highest BCUT2D eigenvalue weighted by atomic mass is 16.4. The zero-order chi connectivity index (χ0) is 8.85. The number of hydrogen-bond acceptors (Lipinski definition) is 6. The zero-order valence-electron chi connectivity index (χ0n) is 5.70. The van der Waals surface area contributed by atoms with E-state index in [1.807, 2.05) is 0 Å². The Balaban J connectivity index is 3.90. The van der Waals surface area contributed by atoms with E-state index in [0.717, 1.165) is 0 Å². The van der Waals surface area contributed by atoms with Crippen LogP contribution in [0.2, 0.25) is 0 Å². The predicted molar refractivity (Wildman–Crippen MR) is 35.4 cm³/mol. The Labute approximate surface area is 63.0 Å². The second kappa shape index (κ2) is 5.03. The standard InChI is InChI=1S/C5H11NO5/c7-2-4(9)5(10)3(8)1-6-11/h1,3-5,7-11H,2H2/b6-1-/t3-,4-,5-/m1/s1. The molecule has 0 amide bonds. The molecule has 0 spiro atoms. The lowest BCUT2D eigenvalue weighted by Crippen LogP contribution is -2.40. The molecule has 6 heteroatoms. The molecule has 0 radical (unpaired) electrons. The largest absolute Gasteiger partial charge is 0.411 e. The third-order valence-corrected chi connectivity index (χ3v) is 1.15. The molecule has 0 rings (SSSR count). The second-order valence-corrected chi connectivity index (χ2v) is 2.00. The van der Waals surface area contributed by atoms with Crippen LogP contribution >= 0.6 is 0 Å². The van der Waals surface area contributed by atoms with Crippen molar-refractivity contribution in [2.45, 2.75) is 18.3 Å². The summed E-state index contributed by atoms with van der Waals surface area (Å²) in [5, 5.41) is 45.0. The van der Waals surface area contributed by atoms with Crippen LogP contribution in [0.3, 0.4) is 0 Å². The van der Waals surface area contributed by atoms with Crippen molar-refractivity contribution in [3.63, 3.8) is 0 Å². The molecule has 6 nitrogen and oxygen atoms in total.